The third-order valence-electron chi connectivity index (χ3n) is 1.73. The lowest BCUT2D eigenvalue weighted by atomic mass is 10.2. The van der Waals surface area contributed by atoms with Gasteiger partial charge < -0.3 is 4.74 Å². The molecule has 0 aromatic heterocycles. The zero-order valence-electron chi connectivity index (χ0n) is 8.78. The van der Waals surface area contributed by atoms with Gasteiger partial charge in [0.05, 0.1) is 0 Å². The van der Waals surface area contributed by atoms with Crippen molar-refractivity contribution in [1.29, 1.82) is 0 Å². The average Bonchev–Trinajstić information content (AvgIpc) is 2.11. The number of hydrogen-bond acceptors (Lipinski definition) is 4. The first-order chi connectivity index (χ1) is 6.56. The van der Waals surface area contributed by atoms with Crippen LogP contribution in [0.25, 0.3) is 0 Å². The molecule has 0 aromatic rings. The minimum absolute atomic E-state index is 0.160. The first kappa shape index (κ1) is 13.5. The summed E-state index contributed by atoms with van der Waals surface area (Å²) in [5.74, 6) is -0.851. The fraction of sp³-hybridized carbons (Fsp3) is 0.800. The van der Waals surface area contributed by atoms with Gasteiger partial charge in [-0.1, -0.05) is 20.3 Å². The molecule has 0 fully saturated rings. The fourth-order valence-electron chi connectivity index (χ4n) is 0.877. The van der Waals surface area contributed by atoms with Gasteiger partial charge in [0.25, 0.3) is 0 Å². The first-order valence-corrected chi connectivity index (χ1v) is 5.49. The smallest absolute Gasteiger partial charge is 0.313 e. The maximum atomic E-state index is 11.0. The molecule has 0 bridgehead atoms. The van der Waals surface area contributed by atoms with Crippen molar-refractivity contribution >= 4 is 24.6 Å². The van der Waals surface area contributed by atoms with E-state index in [1.807, 2.05) is 13.8 Å². The molecule has 82 valence electrons. The van der Waals surface area contributed by atoms with Crippen LogP contribution in [0.3, 0.4) is 0 Å². The number of hydrogen-bond donors (Lipinski definition) is 1. The average molecular weight is 218 g/mol. The van der Waals surface area contributed by atoms with Gasteiger partial charge in [0.15, 0.2) is 0 Å². The number of rotatable bonds is 6. The van der Waals surface area contributed by atoms with Crippen molar-refractivity contribution < 1.29 is 14.3 Å². The molecule has 3 nitrogen and oxygen atoms in total. The number of carbonyl (C=O) groups is 2. The van der Waals surface area contributed by atoms with Gasteiger partial charge in [0, 0.05) is 12.8 Å². The number of carbonyl (C=O) groups excluding carboxylic acids is 2. The monoisotopic (exact) mass is 218 g/mol. The SMILES string of the molecule is CCCCC(=O)OC(=O)CCC(C)S. The van der Waals surface area contributed by atoms with Gasteiger partial charge in [-0.05, 0) is 18.1 Å². The molecule has 1 unspecified atom stereocenters. The van der Waals surface area contributed by atoms with E-state index in [2.05, 4.69) is 17.4 Å². The molecule has 0 saturated heterocycles. The summed E-state index contributed by atoms with van der Waals surface area (Å²) in [6.45, 7) is 3.88. The topological polar surface area (TPSA) is 43.4 Å². The summed E-state index contributed by atoms with van der Waals surface area (Å²) in [5.41, 5.74) is 0. The second-order valence-corrected chi connectivity index (χ2v) is 4.22. The third-order valence-corrected chi connectivity index (χ3v) is 1.99. The van der Waals surface area contributed by atoms with E-state index >= 15 is 0 Å². The lowest BCUT2D eigenvalue weighted by Crippen LogP contribution is -2.12. The van der Waals surface area contributed by atoms with Crippen molar-refractivity contribution in [2.45, 2.75) is 51.2 Å². The molecule has 0 rings (SSSR count). The van der Waals surface area contributed by atoms with E-state index in [4.69, 9.17) is 0 Å². The van der Waals surface area contributed by atoms with Crippen LogP contribution >= 0.6 is 12.6 Å². The Morgan fingerprint density at radius 1 is 1.29 bits per heavy atom. The summed E-state index contributed by atoms with van der Waals surface area (Å²) in [7, 11) is 0. The van der Waals surface area contributed by atoms with Crippen LogP contribution in [0.15, 0.2) is 0 Å². The van der Waals surface area contributed by atoms with Gasteiger partial charge in [0.1, 0.15) is 0 Å². The van der Waals surface area contributed by atoms with E-state index in [-0.39, 0.29) is 11.7 Å². The summed E-state index contributed by atoms with van der Waals surface area (Å²) >= 11 is 4.13. The summed E-state index contributed by atoms with van der Waals surface area (Å²) in [6, 6.07) is 0. The molecule has 0 saturated carbocycles. The van der Waals surface area contributed by atoms with Gasteiger partial charge in [-0.15, -0.1) is 0 Å². The molecule has 0 radical (unpaired) electrons. The van der Waals surface area contributed by atoms with Crippen LogP contribution in [-0.2, 0) is 14.3 Å². The Balaban J connectivity index is 3.55. The van der Waals surface area contributed by atoms with Crippen molar-refractivity contribution in [1.82, 2.24) is 0 Å². The summed E-state index contributed by atoms with van der Waals surface area (Å²) in [5, 5.41) is 0.160. The lowest BCUT2D eigenvalue weighted by molar-refractivity contribution is -0.159. The zero-order valence-corrected chi connectivity index (χ0v) is 9.68. The van der Waals surface area contributed by atoms with E-state index in [1.54, 1.807) is 0 Å². The van der Waals surface area contributed by atoms with Crippen molar-refractivity contribution in [3.05, 3.63) is 0 Å². The Kier molecular flexibility index (Phi) is 7.57. The van der Waals surface area contributed by atoms with Crippen LogP contribution < -0.4 is 0 Å². The summed E-state index contributed by atoms with van der Waals surface area (Å²) in [6.07, 6.45) is 2.94. The lowest BCUT2D eigenvalue weighted by Gasteiger charge is -2.03. The van der Waals surface area contributed by atoms with Crippen molar-refractivity contribution in [3.63, 3.8) is 0 Å². The van der Waals surface area contributed by atoms with Crippen molar-refractivity contribution in [2.75, 3.05) is 0 Å². The summed E-state index contributed by atoms with van der Waals surface area (Å²) in [4.78, 5) is 22.0. The van der Waals surface area contributed by atoms with E-state index in [9.17, 15) is 9.59 Å². The molecule has 1 atom stereocenters. The molecular weight excluding hydrogens is 200 g/mol. The molecule has 0 N–H and O–H groups in total. The van der Waals surface area contributed by atoms with Gasteiger partial charge in [-0.25, -0.2) is 0 Å². The molecule has 0 aliphatic carbocycles. The van der Waals surface area contributed by atoms with Crippen molar-refractivity contribution in [2.24, 2.45) is 0 Å². The standard InChI is InChI=1S/C10H18O3S/c1-3-4-5-9(11)13-10(12)7-6-8(2)14/h8,14H,3-7H2,1-2H3. The highest BCUT2D eigenvalue weighted by atomic mass is 32.1. The largest absolute Gasteiger partial charge is 0.393 e. The number of unbranched alkanes of at least 4 members (excludes halogenated alkanes) is 1. The molecule has 0 heterocycles. The molecule has 14 heavy (non-hydrogen) atoms. The van der Waals surface area contributed by atoms with E-state index in [0.717, 1.165) is 12.8 Å². The first-order valence-electron chi connectivity index (χ1n) is 4.97. The quantitative estimate of drug-likeness (QED) is 0.423. The van der Waals surface area contributed by atoms with Gasteiger partial charge in [0.2, 0.25) is 0 Å². The molecule has 0 spiro atoms. The van der Waals surface area contributed by atoms with Gasteiger partial charge in [-0.3, -0.25) is 9.59 Å². The Labute approximate surface area is 90.6 Å². The maximum absolute atomic E-state index is 11.0. The Hall–Kier alpha value is -0.510. The molecule has 0 aliphatic rings. The van der Waals surface area contributed by atoms with Crippen molar-refractivity contribution in [3.8, 4) is 0 Å². The molecule has 0 amide bonds. The minimum Gasteiger partial charge on any atom is -0.393 e. The molecule has 0 aliphatic heterocycles. The fourth-order valence-corrected chi connectivity index (χ4v) is 1.01. The van der Waals surface area contributed by atoms with E-state index < -0.39 is 11.9 Å². The number of thiol groups is 1. The van der Waals surface area contributed by atoms with Gasteiger partial charge >= 0.3 is 11.9 Å². The highest BCUT2D eigenvalue weighted by Crippen LogP contribution is 2.05. The second kappa shape index (κ2) is 7.85. The Morgan fingerprint density at radius 2 is 1.86 bits per heavy atom. The normalized spacial score (nSPS) is 12.2. The second-order valence-electron chi connectivity index (χ2n) is 3.34. The molecular formula is C10H18O3S. The van der Waals surface area contributed by atoms with Crippen LogP contribution in [0, 0.1) is 0 Å². The maximum Gasteiger partial charge on any atom is 0.313 e. The predicted molar refractivity (Wildman–Crippen MR) is 58.3 cm³/mol. The Bertz CT molecular complexity index is 190. The number of esters is 2. The minimum atomic E-state index is -0.438. The van der Waals surface area contributed by atoms with E-state index in [0.29, 0.717) is 12.8 Å². The zero-order chi connectivity index (χ0) is 11.0. The molecule has 4 heteroatoms. The van der Waals surface area contributed by atoms with Crippen LogP contribution in [0.4, 0.5) is 0 Å². The third kappa shape index (κ3) is 8.10. The van der Waals surface area contributed by atoms with Crippen LogP contribution in [0.5, 0.6) is 0 Å². The van der Waals surface area contributed by atoms with E-state index in [1.165, 1.54) is 0 Å². The summed E-state index contributed by atoms with van der Waals surface area (Å²) < 4.78 is 4.59. The van der Waals surface area contributed by atoms with Crippen LogP contribution in [0.1, 0.15) is 46.0 Å². The highest BCUT2D eigenvalue weighted by Gasteiger charge is 2.10. The Morgan fingerprint density at radius 3 is 2.36 bits per heavy atom. The highest BCUT2D eigenvalue weighted by molar-refractivity contribution is 7.80. The molecule has 0 aromatic carbocycles. The van der Waals surface area contributed by atoms with Crippen LogP contribution in [0.2, 0.25) is 0 Å². The van der Waals surface area contributed by atoms with Gasteiger partial charge in [-0.2, -0.15) is 12.6 Å². The predicted octanol–water partition coefficient (Wildman–Crippen LogP) is 2.34. The number of ether oxygens (including phenoxy) is 1. The van der Waals surface area contributed by atoms with Crippen LogP contribution in [-0.4, -0.2) is 17.2 Å².